The van der Waals surface area contributed by atoms with Crippen molar-refractivity contribution in [3.63, 3.8) is 0 Å². The molecule has 2 unspecified atom stereocenters. The molecule has 0 spiro atoms. The van der Waals surface area contributed by atoms with Crippen molar-refractivity contribution in [1.29, 1.82) is 0 Å². The fraction of sp³-hybridized carbons (Fsp3) is 0.538. The molecule has 0 bridgehead atoms. The Morgan fingerprint density at radius 3 is 2.69 bits per heavy atom. The van der Waals surface area contributed by atoms with Gasteiger partial charge in [-0.05, 0) is 48.8 Å². The summed E-state index contributed by atoms with van der Waals surface area (Å²) in [6.07, 6.45) is 2.94. The zero-order valence-corrected chi connectivity index (χ0v) is 9.34. The Bertz CT molecular complexity index is 392. The molecule has 16 heavy (non-hydrogen) atoms. The number of halogens is 2. The number of hydrogen-bond acceptors (Lipinski definition) is 1. The van der Waals surface area contributed by atoms with Crippen LogP contribution in [0.15, 0.2) is 18.2 Å². The van der Waals surface area contributed by atoms with Gasteiger partial charge in [0.15, 0.2) is 11.6 Å². The third-order valence-electron chi connectivity index (χ3n) is 3.42. The van der Waals surface area contributed by atoms with E-state index in [0.717, 1.165) is 24.8 Å². The molecule has 1 fully saturated rings. The fourth-order valence-electron chi connectivity index (χ4n) is 2.59. The van der Waals surface area contributed by atoms with Gasteiger partial charge in [-0.15, -0.1) is 0 Å². The van der Waals surface area contributed by atoms with E-state index >= 15 is 0 Å². The van der Waals surface area contributed by atoms with Crippen LogP contribution in [0.4, 0.5) is 8.78 Å². The molecule has 0 amide bonds. The van der Waals surface area contributed by atoms with Crippen LogP contribution in [0.5, 0.6) is 0 Å². The Morgan fingerprint density at radius 2 is 2.12 bits per heavy atom. The van der Waals surface area contributed by atoms with Crippen molar-refractivity contribution in [3.05, 3.63) is 35.4 Å². The smallest absolute Gasteiger partial charge is 0.159 e. The maximum Gasteiger partial charge on any atom is 0.159 e. The van der Waals surface area contributed by atoms with Crippen molar-refractivity contribution in [3.8, 4) is 0 Å². The Morgan fingerprint density at radius 1 is 1.38 bits per heavy atom. The Labute approximate surface area is 94.1 Å². The lowest BCUT2D eigenvalue weighted by atomic mass is 9.82. The third kappa shape index (κ3) is 2.40. The summed E-state index contributed by atoms with van der Waals surface area (Å²) >= 11 is 0. The highest BCUT2D eigenvalue weighted by molar-refractivity contribution is 5.19. The van der Waals surface area contributed by atoms with Crippen molar-refractivity contribution in [2.75, 3.05) is 0 Å². The molecule has 1 nitrogen and oxygen atoms in total. The van der Waals surface area contributed by atoms with Gasteiger partial charge in [0.2, 0.25) is 0 Å². The molecule has 2 atom stereocenters. The summed E-state index contributed by atoms with van der Waals surface area (Å²) < 4.78 is 25.8. The van der Waals surface area contributed by atoms with E-state index in [4.69, 9.17) is 0 Å². The van der Waals surface area contributed by atoms with E-state index in [9.17, 15) is 13.9 Å². The summed E-state index contributed by atoms with van der Waals surface area (Å²) in [6, 6.07) is 4.04. The summed E-state index contributed by atoms with van der Waals surface area (Å²) in [5, 5.41) is 9.51. The number of aliphatic hydroxyl groups excluding tert-OH is 1. The molecule has 1 aliphatic rings. The molecule has 1 aliphatic carbocycles. The molecule has 0 heterocycles. The molecule has 0 saturated heterocycles. The van der Waals surface area contributed by atoms with Gasteiger partial charge in [-0.25, -0.2) is 8.78 Å². The van der Waals surface area contributed by atoms with Crippen LogP contribution in [0.25, 0.3) is 0 Å². The molecule has 1 aromatic rings. The van der Waals surface area contributed by atoms with Crippen molar-refractivity contribution in [1.82, 2.24) is 0 Å². The molecule has 2 rings (SSSR count). The molecular weight excluding hydrogens is 210 g/mol. The number of benzene rings is 1. The van der Waals surface area contributed by atoms with Crippen LogP contribution in [0.3, 0.4) is 0 Å². The Balaban J connectivity index is 2.12. The largest absolute Gasteiger partial charge is 0.393 e. The van der Waals surface area contributed by atoms with Crippen molar-refractivity contribution in [2.45, 2.75) is 38.7 Å². The third-order valence-corrected chi connectivity index (χ3v) is 3.42. The monoisotopic (exact) mass is 226 g/mol. The van der Waals surface area contributed by atoms with Crippen LogP contribution in [-0.2, 0) is 6.42 Å². The first kappa shape index (κ1) is 11.5. The summed E-state index contributed by atoms with van der Waals surface area (Å²) in [5.74, 6) is -1.60. The van der Waals surface area contributed by atoms with E-state index in [1.54, 1.807) is 6.07 Å². The molecule has 88 valence electrons. The van der Waals surface area contributed by atoms with Gasteiger partial charge in [0.25, 0.3) is 0 Å². The van der Waals surface area contributed by atoms with Crippen LogP contribution in [0.2, 0.25) is 0 Å². The van der Waals surface area contributed by atoms with E-state index in [2.05, 4.69) is 6.92 Å². The van der Waals surface area contributed by atoms with Crippen molar-refractivity contribution in [2.24, 2.45) is 5.41 Å². The SMILES string of the molecule is CC1(Cc2ccc(F)c(F)c2)CCC(O)C1. The molecule has 1 N–H and O–H groups in total. The standard InChI is InChI=1S/C13H16F2O/c1-13(5-4-10(16)8-13)7-9-2-3-11(14)12(15)6-9/h2-3,6,10,16H,4-5,7-8H2,1H3. The number of rotatable bonds is 2. The van der Waals surface area contributed by atoms with E-state index in [1.165, 1.54) is 12.1 Å². The second-order valence-electron chi connectivity index (χ2n) is 5.13. The minimum atomic E-state index is -0.805. The lowest BCUT2D eigenvalue weighted by molar-refractivity contribution is 0.163. The Kier molecular flexibility index (Phi) is 2.98. The second-order valence-corrected chi connectivity index (χ2v) is 5.13. The van der Waals surface area contributed by atoms with Gasteiger partial charge < -0.3 is 5.11 Å². The van der Waals surface area contributed by atoms with Gasteiger partial charge in [-0.1, -0.05) is 13.0 Å². The van der Waals surface area contributed by atoms with Gasteiger partial charge in [-0.2, -0.15) is 0 Å². The van der Waals surface area contributed by atoms with Gasteiger partial charge in [0, 0.05) is 0 Å². The first-order valence-corrected chi connectivity index (χ1v) is 5.60. The second kappa shape index (κ2) is 4.13. The zero-order valence-electron chi connectivity index (χ0n) is 9.34. The minimum absolute atomic E-state index is 0.0175. The van der Waals surface area contributed by atoms with Gasteiger partial charge in [-0.3, -0.25) is 0 Å². The maximum absolute atomic E-state index is 13.0. The van der Waals surface area contributed by atoms with E-state index in [0.29, 0.717) is 6.42 Å². The predicted octanol–water partition coefficient (Wildman–Crippen LogP) is 3.06. The lowest BCUT2D eigenvalue weighted by Crippen LogP contribution is -2.16. The van der Waals surface area contributed by atoms with Crippen LogP contribution >= 0.6 is 0 Å². The molecule has 0 radical (unpaired) electrons. The lowest BCUT2D eigenvalue weighted by Gasteiger charge is -2.23. The zero-order chi connectivity index (χ0) is 11.8. The van der Waals surface area contributed by atoms with Crippen LogP contribution in [0, 0.1) is 17.0 Å². The first-order chi connectivity index (χ1) is 7.48. The first-order valence-electron chi connectivity index (χ1n) is 5.60. The summed E-state index contributed by atoms with van der Waals surface area (Å²) in [6.45, 7) is 2.09. The number of hydrogen-bond donors (Lipinski definition) is 1. The van der Waals surface area contributed by atoms with Gasteiger partial charge in [0.1, 0.15) is 0 Å². The highest BCUT2D eigenvalue weighted by Crippen LogP contribution is 2.40. The molecule has 1 aromatic carbocycles. The quantitative estimate of drug-likeness (QED) is 0.821. The van der Waals surface area contributed by atoms with E-state index in [1.807, 2.05) is 0 Å². The van der Waals surface area contributed by atoms with Crippen molar-refractivity contribution >= 4 is 0 Å². The van der Waals surface area contributed by atoms with Crippen LogP contribution in [0.1, 0.15) is 31.7 Å². The van der Waals surface area contributed by atoms with Gasteiger partial charge >= 0.3 is 0 Å². The summed E-state index contributed by atoms with van der Waals surface area (Å²) in [5.41, 5.74) is 0.819. The minimum Gasteiger partial charge on any atom is -0.393 e. The van der Waals surface area contributed by atoms with Crippen LogP contribution in [-0.4, -0.2) is 11.2 Å². The molecule has 0 aliphatic heterocycles. The Hall–Kier alpha value is -0.960. The average molecular weight is 226 g/mol. The maximum atomic E-state index is 13.0. The van der Waals surface area contributed by atoms with Gasteiger partial charge in [0.05, 0.1) is 6.10 Å². The fourth-order valence-corrected chi connectivity index (χ4v) is 2.59. The molecule has 3 heteroatoms. The highest BCUT2D eigenvalue weighted by atomic mass is 19.2. The average Bonchev–Trinajstić information content (AvgIpc) is 2.52. The van der Waals surface area contributed by atoms with Crippen LogP contribution < -0.4 is 0 Å². The summed E-state index contributed by atoms with van der Waals surface area (Å²) in [4.78, 5) is 0. The van der Waals surface area contributed by atoms with E-state index < -0.39 is 11.6 Å². The normalized spacial score (nSPS) is 29.6. The topological polar surface area (TPSA) is 20.2 Å². The molecular formula is C13H16F2O. The molecule has 0 aromatic heterocycles. The summed E-state index contributed by atoms with van der Waals surface area (Å²) in [7, 11) is 0. The number of aliphatic hydroxyl groups is 1. The van der Waals surface area contributed by atoms with E-state index in [-0.39, 0.29) is 11.5 Å². The predicted molar refractivity (Wildman–Crippen MR) is 58.0 cm³/mol. The molecule has 1 saturated carbocycles. The van der Waals surface area contributed by atoms with Crippen molar-refractivity contribution < 1.29 is 13.9 Å². The highest BCUT2D eigenvalue weighted by Gasteiger charge is 2.34.